The molecule has 0 N–H and O–H groups in total. The molecule has 1 atom stereocenters. The molecule has 0 radical (unpaired) electrons. The number of carbonyl (C=O) groups is 1. The average molecular weight is 204 g/mol. The molecule has 0 bridgehead atoms. The van der Waals surface area contributed by atoms with E-state index in [0.29, 0.717) is 12.4 Å². The SMILES string of the molecule is CC1OC(=O)C=C1OCc1ccccc1. The number of esters is 1. The minimum absolute atomic E-state index is 0.263. The Kier molecular flexibility index (Phi) is 2.72. The van der Waals surface area contributed by atoms with Gasteiger partial charge >= 0.3 is 5.97 Å². The summed E-state index contributed by atoms with van der Waals surface area (Å²) in [5.74, 6) is 0.273. The first-order valence-electron chi connectivity index (χ1n) is 4.84. The molecule has 1 aromatic rings. The zero-order chi connectivity index (χ0) is 10.7. The topological polar surface area (TPSA) is 35.5 Å². The third-order valence-corrected chi connectivity index (χ3v) is 2.20. The van der Waals surface area contributed by atoms with Gasteiger partial charge in [0.25, 0.3) is 0 Å². The van der Waals surface area contributed by atoms with Crippen molar-refractivity contribution in [2.45, 2.75) is 19.6 Å². The molecular weight excluding hydrogens is 192 g/mol. The summed E-state index contributed by atoms with van der Waals surface area (Å²) in [5, 5.41) is 0. The number of ether oxygens (including phenoxy) is 2. The van der Waals surface area contributed by atoms with Crippen molar-refractivity contribution in [3.8, 4) is 0 Å². The van der Waals surface area contributed by atoms with Crippen LogP contribution in [0.15, 0.2) is 42.2 Å². The van der Waals surface area contributed by atoms with Crippen LogP contribution in [0.25, 0.3) is 0 Å². The van der Waals surface area contributed by atoms with Crippen molar-refractivity contribution >= 4 is 5.97 Å². The third-order valence-electron chi connectivity index (χ3n) is 2.20. The van der Waals surface area contributed by atoms with Crippen molar-refractivity contribution < 1.29 is 14.3 Å². The van der Waals surface area contributed by atoms with Crippen LogP contribution in [0.3, 0.4) is 0 Å². The molecule has 1 heterocycles. The summed E-state index contributed by atoms with van der Waals surface area (Å²) >= 11 is 0. The summed E-state index contributed by atoms with van der Waals surface area (Å²) in [7, 11) is 0. The lowest BCUT2D eigenvalue weighted by Crippen LogP contribution is -2.08. The van der Waals surface area contributed by atoms with Gasteiger partial charge in [-0.25, -0.2) is 4.79 Å². The molecule has 0 aliphatic carbocycles. The second-order valence-electron chi connectivity index (χ2n) is 3.40. The van der Waals surface area contributed by atoms with Gasteiger partial charge < -0.3 is 9.47 Å². The molecule has 0 saturated heterocycles. The van der Waals surface area contributed by atoms with Crippen molar-refractivity contribution in [2.75, 3.05) is 0 Å². The van der Waals surface area contributed by atoms with Gasteiger partial charge in [0.15, 0.2) is 6.10 Å². The van der Waals surface area contributed by atoms with Crippen molar-refractivity contribution in [3.05, 3.63) is 47.7 Å². The van der Waals surface area contributed by atoms with Crippen molar-refractivity contribution in [2.24, 2.45) is 0 Å². The maximum atomic E-state index is 10.9. The van der Waals surface area contributed by atoms with Gasteiger partial charge in [-0.05, 0) is 12.5 Å². The van der Waals surface area contributed by atoms with E-state index in [0.717, 1.165) is 5.56 Å². The highest BCUT2D eigenvalue weighted by Gasteiger charge is 2.23. The normalized spacial score (nSPS) is 19.7. The predicted octanol–water partition coefficient (Wildman–Crippen LogP) is 2.03. The number of hydrogen-bond donors (Lipinski definition) is 0. The lowest BCUT2D eigenvalue weighted by molar-refractivity contribution is -0.138. The van der Waals surface area contributed by atoms with E-state index in [1.807, 2.05) is 30.3 Å². The molecule has 15 heavy (non-hydrogen) atoms. The van der Waals surface area contributed by atoms with E-state index in [1.165, 1.54) is 6.08 Å². The highest BCUT2D eigenvalue weighted by Crippen LogP contribution is 2.17. The van der Waals surface area contributed by atoms with Crippen LogP contribution in [0, 0.1) is 0 Å². The van der Waals surface area contributed by atoms with Crippen LogP contribution in [0.4, 0.5) is 0 Å². The molecule has 0 aromatic heterocycles. The van der Waals surface area contributed by atoms with E-state index in [-0.39, 0.29) is 12.1 Å². The van der Waals surface area contributed by atoms with Gasteiger partial charge in [-0.3, -0.25) is 0 Å². The van der Waals surface area contributed by atoms with E-state index in [9.17, 15) is 4.79 Å². The van der Waals surface area contributed by atoms with Crippen LogP contribution in [-0.2, 0) is 20.9 Å². The smallest absolute Gasteiger partial charge is 0.335 e. The minimum atomic E-state index is -0.328. The zero-order valence-electron chi connectivity index (χ0n) is 8.47. The Labute approximate surface area is 88.3 Å². The zero-order valence-corrected chi connectivity index (χ0v) is 8.47. The van der Waals surface area contributed by atoms with Gasteiger partial charge in [0.05, 0.1) is 6.08 Å². The number of benzene rings is 1. The van der Waals surface area contributed by atoms with Gasteiger partial charge in [-0.15, -0.1) is 0 Å². The molecule has 0 saturated carbocycles. The van der Waals surface area contributed by atoms with Gasteiger partial charge in [-0.2, -0.15) is 0 Å². The van der Waals surface area contributed by atoms with Crippen LogP contribution < -0.4 is 0 Å². The fraction of sp³-hybridized carbons (Fsp3) is 0.250. The van der Waals surface area contributed by atoms with Crippen LogP contribution >= 0.6 is 0 Å². The Balaban J connectivity index is 1.94. The lowest BCUT2D eigenvalue weighted by atomic mass is 10.2. The summed E-state index contributed by atoms with van der Waals surface area (Å²) in [4.78, 5) is 10.9. The molecule has 78 valence electrons. The van der Waals surface area contributed by atoms with Crippen LogP contribution in [-0.4, -0.2) is 12.1 Å². The molecule has 1 aromatic carbocycles. The molecule has 1 aliphatic rings. The number of cyclic esters (lactones) is 1. The molecule has 3 heteroatoms. The predicted molar refractivity (Wildman–Crippen MR) is 54.9 cm³/mol. The summed E-state index contributed by atoms with van der Waals surface area (Å²) < 4.78 is 10.4. The monoisotopic (exact) mass is 204 g/mol. The number of rotatable bonds is 3. The van der Waals surface area contributed by atoms with Crippen molar-refractivity contribution in [1.29, 1.82) is 0 Å². The van der Waals surface area contributed by atoms with Crippen LogP contribution in [0.5, 0.6) is 0 Å². The van der Waals surface area contributed by atoms with Gasteiger partial charge in [0.2, 0.25) is 0 Å². The second kappa shape index (κ2) is 4.17. The lowest BCUT2D eigenvalue weighted by Gasteiger charge is -2.10. The van der Waals surface area contributed by atoms with Crippen molar-refractivity contribution in [3.63, 3.8) is 0 Å². The fourth-order valence-electron chi connectivity index (χ4n) is 1.40. The summed E-state index contributed by atoms with van der Waals surface area (Å²) in [5.41, 5.74) is 1.07. The molecule has 3 nitrogen and oxygen atoms in total. The van der Waals surface area contributed by atoms with Gasteiger partial charge in [0, 0.05) is 0 Å². The largest absolute Gasteiger partial charge is 0.489 e. The van der Waals surface area contributed by atoms with E-state index in [2.05, 4.69) is 0 Å². The first-order chi connectivity index (χ1) is 7.25. The molecular formula is C12H12O3. The summed E-state index contributed by atoms with van der Waals surface area (Å²) in [6.45, 7) is 2.26. The molecule has 0 fully saturated rings. The van der Waals surface area contributed by atoms with E-state index >= 15 is 0 Å². The molecule has 1 unspecified atom stereocenters. The Hall–Kier alpha value is -1.77. The fourth-order valence-corrected chi connectivity index (χ4v) is 1.40. The standard InChI is InChI=1S/C12H12O3/c1-9-11(7-12(13)15-9)14-8-10-5-3-2-4-6-10/h2-7,9H,8H2,1H3. The van der Waals surface area contributed by atoms with Crippen LogP contribution in [0.2, 0.25) is 0 Å². The Morgan fingerprint density at radius 3 is 2.67 bits per heavy atom. The average Bonchev–Trinajstić information content (AvgIpc) is 2.56. The Morgan fingerprint density at radius 2 is 2.07 bits per heavy atom. The maximum Gasteiger partial charge on any atom is 0.335 e. The molecule has 1 aliphatic heterocycles. The summed E-state index contributed by atoms with van der Waals surface area (Å²) in [6.07, 6.45) is 1.13. The minimum Gasteiger partial charge on any atom is -0.489 e. The Morgan fingerprint density at radius 1 is 1.33 bits per heavy atom. The first kappa shape index (κ1) is 9.77. The van der Waals surface area contributed by atoms with E-state index < -0.39 is 0 Å². The van der Waals surface area contributed by atoms with Gasteiger partial charge in [0.1, 0.15) is 12.4 Å². The number of carbonyl (C=O) groups excluding carboxylic acids is 1. The maximum absolute atomic E-state index is 10.9. The second-order valence-corrected chi connectivity index (χ2v) is 3.40. The quantitative estimate of drug-likeness (QED) is 0.707. The molecule has 0 amide bonds. The van der Waals surface area contributed by atoms with Gasteiger partial charge in [-0.1, -0.05) is 30.3 Å². The highest BCUT2D eigenvalue weighted by atomic mass is 16.6. The highest BCUT2D eigenvalue weighted by molar-refractivity contribution is 5.85. The third kappa shape index (κ3) is 2.37. The van der Waals surface area contributed by atoms with E-state index in [4.69, 9.17) is 9.47 Å². The summed E-state index contributed by atoms with van der Waals surface area (Å²) in [6, 6.07) is 9.80. The van der Waals surface area contributed by atoms with Crippen LogP contribution in [0.1, 0.15) is 12.5 Å². The Bertz CT molecular complexity index is 381. The van der Waals surface area contributed by atoms with Crippen molar-refractivity contribution in [1.82, 2.24) is 0 Å². The molecule has 0 spiro atoms. The van der Waals surface area contributed by atoms with E-state index in [1.54, 1.807) is 6.92 Å². The molecule has 2 rings (SSSR count). The first-order valence-corrected chi connectivity index (χ1v) is 4.84. The number of hydrogen-bond acceptors (Lipinski definition) is 3.